The molecule has 1 aromatic carbocycles. The molecular formula is C12H17ClFNO. The van der Waals surface area contributed by atoms with Gasteiger partial charge in [0.1, 0.15) is 5.82 Å². The van der Waals surface area contributed by atoms with Gasteiger partial charge in [0.2, 0.25) is 0 Å². The van der Waals surface area contributed by atoms with Crippen LogP contribution in [0.4, 0.5) is 4.39 Å². The van der Waals surface area contributed by atoms with Gasteiger partial charge >= 0.3 is 0 Å². The lowest BCUT2D eigenvalue weighted by Crippen LogP contribution is -2.39. The zero-order valence-corrected chi connectivity index (χ0v) is 10.4. The fraction of sp³-hybridized carbons (Fsp3) is 0.500. The van der Waals surface area contributed by atoms with E-state index in [0.29, 0.717) is 30.0 Å². The molecule has 1 rings (SSSR count). The van der Waals surface area contributed by atoms with Crippen LogP contribution in [0.15, 0.2) is 18.2 Å². The van der Waals surface area contributed by atoms with E-state index in [-0.39, 0.29) is 5.82 Å². The van der Waals surface area contributed by atoms with E-state index < -0.39 is 5.54 Å². The van der Waals surface area contributed by atoms with Crippen molar-refractivity contribution in [3.8, 4) is 0 Å². The molecule has 0 radical (unpaired) electrons. The Morgan fingerprint density at radius 3 is 2.75 bits per heavy atom. The van der Waals surface area contributed by atoms with Crippen LogP contribution in [0, 0.1) is 5.82 Å². The molecule has 0 spiro atoms. The molecule has 0 saturated carbocycles. The highest BCUT2D eigenvalue weighted by molar-refractivity contribution is 6.30. The Morgan fingerprint density at radius 1 is 1.50 bits per heavy atom. The molecule has 0 aliphatic rings. The van der Waals surface area contributed by atoms with Crippen LogP contribution in [0.2, 0.25) is 5.02 Å². The van der Waals surface area contributed by atoms with Crippen LogP contribution in [0.1, 0.15) is 18.9 Å². The Bertz CT molecular complexity index is 355. The summed E-state index contributed by atoms with van der Waals surface area (Å²) in [4.78, 5) is 0. The highest BCUT2D eigenvalue weighted by Gasteiger charge is 2.20. The molecule has 0 amide bonds. The van der Waals surface area contributed by atoms with Gasteiger partial charge in [-0.15, -0.1) is 0 Å². The van der Waals surface area contributed by atoms with Gasteiger partial charge in [-0.1, -0.05) is 17.7 Å². The largest absolute Gasteiger partial charge is 0.385 e. The molecule has 0 fully saturated rings. The molecule has 0 saturated heterocycles. The van der Waals surface area contributed by atoms with E-state index in [1.165, 1.54) is 6.07 Å². The second-order valence-electron chi connectivity index (χ2n) is 4.31. The molecule has 0 bridgehead atoms. The molecule has 0 heterocycles. The van der Waals surface area contributed by atoms with E-state index in [1.807, 2.05) is 6.92 Å². The molecule has 2 nitrogen and oxygen atoms in total. The third kappa shape index (κ3) is 4.08. The lowest BCUT2D eigenvalue weighted by molar-refractivity contribution is 0.171. The minimum absolute atomic E-state index is 0.304. The zero-order valence-electron chi connectivity index (χ0n) is 9.59. The summed E-state index contributed by atoms with van der Waals surface area (Å²) in [6, 6.07) is 4.66. The predicted molar refractivity (Wildman–Crippen MR) is 64.2 cm³/mol. The van der Waals surface area contributed by atoms with Crippen molar-refractivity contribution in [3.05, 3.63) is 34.6 Å². The highest BCUT2D eigenvalue weighted by Crippen LogP contribution is 2.20. The number of halogens is 2. The van der Waals surface area contributed by atoms with Crippen molar-refractivity contribution in [2.24, 2.45) is 5.73 Å². The summed E-state index contributed by atoms with van der Waals surface area (Å²) in [7, 11) is 1.62. The maximum absolute atomic E-state index is 13.5. The number of methoxy groups -OCH3 is 1. The van der Waals surface area contributed by atoms with Crippen LogP contribution in [0.3, 0.4) is 0 Å². The first-order chi connectivity index (χ1) is 7.44. The summed E-state index contributed by atoms with van der Waals surface area (Å²) in [5.41, 5.74) is 6.18. The van der Waals surface area contributed by atoms with Crippen LogP contribution >= 0.6 is 11.6 Å². The van der Waals surface area contributed by atoms with Crippen molar-refractivity contribution in [2.75, 3.05) is 13.7 Å². The fourth-order valence-electron chi connectivity index (χ4n) is 1.52. The van der Waals surface area contributed by atoms with E-state index in [4.69, 9.17) is 22.1 Å². The first-order valence-corrected chi connectivity index (χ1v) is 5.54. The topological polar surface area (TPSA) is 35.2 Å². The number of hydrogen-bond donors (Lipinski definition) is 1. The molecular weight excluding hydrogens is 229 g/mol. The van der Waals surface area contributed by atoms with Gasteiger partial charge in [-0.05, 0) is 37.5 Å². The van der Waals surface area contributed by atoms with Gasteiger partial charge in [-0.25, -0.2) is 4.39 Å². The summed E-state index contributed by atoms with van der Waals surface area (Å²) in [5.74, 6) is -0.304. The summed E-state index contributed by atoms with van der Waals surface area (Å²) >= 11 is 5.68. The Kier molecular flexibility index (Phi) is 4.71. The van der Waals surface area contributed by atoms with Gasteiger partial charge in [0.05, 0.1) is 0 Å². The van der Waals surface area contributed by atoms with E-state index in [2.05, 4.69) is 0 Å². The van der Waals surface area contributed by atoms with Crippen molar-refractivity contribution >= 4 is 11.6 Å². The van der Waals surface area contributed by atoms with Gasteiger partial charge in [0, 0.05) is 24.3 Å². The molecule has 0 aliphatic heterocycles. The molecule has 4 heteroatoms. The molecule has 1 unspecified atom stereocenters. The quantitative estimate of drug-likeness (QED) is 0.866. The Morgan fingerprint density at radius 2 is 2.19 bits per heavy atom. The summed E-state index contributed by atoms with van der Waals surface area (Å²) in [6.45, 7) is 2.46. The number of ether oxygens (including phenoxy) is 1. The zero-order chi connectivity index (χ0) is 12.2. The Hall–Kier alpha value is -0.640. The third-order valence-electron chi connectivity index (χ3n) is 2.49. The molecule has 90 valence electrons. The van der Waals surface area contributed by atoms with E-state index >= 15 is 0 Å². The van der Waals surface area contributed by atoms with Gasteiger partial charge in [0.15, 0.2) is 0 Å². The van der Waals surface area contributed by atoms with Crippen molar-refractivity contribution in [1.82, 2.24) is 0 Å². The van der Waals surface area contributed by atoms with Crippen LogP contribution < -0.4 is 5.73 Å². The fourth-order valence-corrected chi connectivity index (χ4v) is 1.68. The second-order valence-corrected chi connectivity index (χ2v) is 4.75. The molecule has 16 heavy (non-hydrogen) atoms. The SMILES string of the molecule is COCCC(C)(N)Cc1ccc(Cl)cc1F. The summed E-state index contributed by atoms with van der Waals surface area (Å²) in [5, 5.41) is 0.400. The van der Waals surface area contributed by atoms with E-state index in [0.717, 1.165) is 0 Å². The second kappa shape index (κ2) is 5.62. The summed E-state index contributed by atoms with van der Waals surface area (Å²) in [6.07, 6.45) is 1.16. The number of benzene rings is 1. The minimum atomic E-state index is -0.468. The molecule has 1 aromatic rings. The Balaban J connectivity index is 2.71. The third-order valence-corrected chi connectivity index (χ3v) is 2.72. The van der Waals surface area contributed by atoms with Gasteiger partial charge in [-0.2, -0.15) is 0 Å². The lowest BCUT2D eigenvalue weighted by atomic mass is 9.91. The molecule has 0 aromatic heterocycles. The minimum Gasteiger partial charge on any atom is -0.385 e. The molecule has 2 N–H and O–H groups in total. The lowest BCUT2D eigenvalue weighted by Gasteiger charge is -2.24. The maximum Gasteiger partial charge on any atom is 0.127 e. The Labute approximate surface area is 101 Å². The van der Waals surface area contributed by atoms with Crippen molar-refractivity contribution in [3.63, 3.8) is 0 Å². The smallest absolute Gasteiger partial charge is 0.127 e. The standard InChI is InChI=1S/C12H17ClFNO/c1-12(15,5-6-16-2)8-9-3-4-10(13)7-11(9)14/h3-4,7H,5-6,8,15H2,1-2H3. The monoisotopic (exact) mass is 245 g/mol. The first kappa shape index (κ1) is 13.4. The first-order valence-electron chi connectivity index (χ1n) is 5.16. The molecule has 1 atom stereocenters. The van der Waals surface area contributed by atoms with Crippen LogP contribution in [-0.4, -0.2) is 19.3 Å². The van der Waals surface area contributed by atoms with Crippen molar-refractivity contribution in [2.45, 2.75) is 25.3 Å². The van der Waals surface area contributed by atoms with E-state index in [1.54, 1.807) is 19.2 Å². The highest BCUT2D eigenvalue weighted by atomic mass is 35.5. The molecule has 0 aliphatic carbocycles. The normalized spacial score (nSPS) is 14.8. The average Bonchev–Trinajstić information content (AvgIpc) is 2.19. The van der Waals surface area contributed by atoms with Crippen LogP contribution in [0.5, 0.6) is 0 Å². The maximum atomic E-state index is 13.5. The van der Waals surface area contributed by atoms with Crippen molar-refractivity contribution < 1.29 is 9.13 Å². The predicted octanol–water partition coefficient (Wildman–Crippen LogP) is 2.78. The average molecular weight is 246 g/mol. The van der Waals surface area contributed by atoms with Crippen LogP contribution in [0.25, 0.3) is 0 Å². The van der Waals surface area contributed by atoms with E-state index in [9.17, 15) is 4.39 Å². The number of nitrogens with two attached hydrogens (primary N) is 1. The van der Waals surface area contributed by atoms with Crippen molar-refractivity contribution in [1.29, 1.82) is 0 Å². The van der Waals surface area contributed by atoms with Crippen LogP contribution in [-0.2, 0) is 11.2 Å². The number of rotatable bonds is 5. The van der Waals surface area contributed by atoms with Gasteiger partial charge < -0.3 is 10.5 Å². The summed E-state index contributed by atoms with van der Waals surface area (Å²) < 4.78 is 18.5. The van der Waals surface area contributed by atoms with Gasteiger partial charge in [-0.3, -0.25) is 0 Å². The number of hydrogen-bond acceptors (Lipinski definition) is 2. The van der Waals surface area contributed by atoms with Gasteiger partial charge in [0.25, 0.3) is 0 Å².